The molecule has 0 spiro atoms. The molecule has 0 aliphatic heterocycles. The smallest absolute Gasteiger partial charge is 0.435 e. The summed E-state index contributed by atoms with van der Waals surface area (Å²) in [6.45, 7) is 15.7. The van der Waals surface area contributed by atoms with Crippen molar-refractivity contribution in [3.8, 4) is 5.75 Å². The van der Waals surface area contributed by atoms with Crippen LogP contribution in [-0.2, 0) is 4.74 Å². The molecule has 0 atom stereocenters. The molecule has 25 heavy (non-hydrogen) atoms. The van der Waals surface area contributed by atoms with Crippen molar-refractivity contribution in [2.24, 2.45) is 0 Å². The number of aromatic nitrogens is 2. The Morgan fingerprint density at radius 2 is 1.76 bits per heavy atom. The average molecular weight is 367 g/mol. The Morgan fingerprint density at radius 3 is 2.28 bits per heavy atom. The van der Waals surface area contributed by atoms with Crippen molar-refractivity contribution in [3.63, 3.8) is 0 Å². The summed E-state index contributed by atoms with van der Waals surface area (Å²) < 4.78 is 27.0. The minimum atomic E-state index is -2.17. The average Bonchev–Trinajstić information content (AvgIpc) is 2.78. The predicted octanol–water partition coefficient (Wildman–Crippen LogP) is 5.34. The minimum Gasteiger partial charge on any atom is -0.542 e. The highest BCUT2D eigenvalue weighted by atomic mass is 28.4. The molecular weight excluding hydrogens is 339 g/mol. The van der Waals surface area contributed by atoms with Crippen LogP contribution in [0.4, 0.5) is 9.18 Å². The summed E-state index contributed by atoms with van der Waals surface area (Å²) >= 11 is 0. The molecule has 7 heteroatoms. The second-order valence-electron chi connectivity index (χ2n) is 8.74. The first kappa shape index (κ1) is 19.4. The van der Waals surface area contributed by atoms with Gasteiger partial charge in [-0.2, -0.15) is 9.78 Å². The number of carbonyl (C=O) groups is 1. The highest BCUT2D eigenvalue weighted by molar-refractivity contribution is 6.74. The van der Waals surface area contributed by atoms with Gasteiger partial charge in [-0.1, -0.05) is 20.8 Å². The van der Waals surface area contributed by atoms with Crippen LogP contribution in [0.1, 0.15) is 41.5 Å². The van der Waals surface area contributed by atoms with Crippen LogP contribution in [0.2, 0.25) is 18.1 Å². The van der Waals surface area contributed by atoms with Crippen molar-refractivity contribution in [3.05, 3.63) is 24.1 Å². The number of halogens is 1. The molecule has 1 aromatic heterocycles. The number of hydrogen-bond donors (Lipinski definition) is 0. The SMILES string of the molecule is CC(C)(C)OC(=O)n1ncc2cc(O[Si](C)(C)C(C)(C)C)c(F)cc21. The van der Waals surface area contributed by atoms with E-state index in [0.717, 1.165) is 4.68 Å². The van der Waals surface area contributed by atoms with Crippen LogP contribution in [0.15, 0.2) is 18.3 Å². The van der Waals surface area contributed by atoms with Crippen LogP contribution in [-0.4, -0.2) is 29.8 Å². The van der Waals surface area contributed by atoms with Crippen molar-refractivity contribution in [2.45, 2.75) is 65.3 Å². The molecule has 2 aromatic rings. The topological polar surface area (TPSA) is 53.4 Å². The second-order valence-corrected chi connectivity index (χ2v) is 13.5. The van der Waals surface area contributed by atoms with Gasteiger partial charge >= 0.3 is 6.09 Å². The lowest BCUT2D eigenvalue weighted by atomic mass is 10.2. The van der Waals surface area contributed by atoms with E-state index in [2.05, 4.69) is 39.0 Å². The normalized spacial score (nSPS) is 13.2. The maximum Gasteiger partial charge on any atom is 0.435 e. The van der Waals surface area contributed by atoms with Gasteiger partial charge in [0.15, 0.2) is 5.82 Å². The van der Waals surface area contributed by atoms with Crippen molar-refractivity contribution in [2.75, 3.05) is 0 Å². The fourth-order valence-corrected chi connectivity index (χ4v) is 3.00. The summed E-state index contributed by atoms with van der Waals surface area (Å²) in [6.07, 6.45) is 0.872. The van der Waals surface area contributed by atoms with E-state index in [1.165, 1.54) is 12.3 Å². The summed E-state index contributed by atoms with van der Waals surface area (Å²) in [5.74, 6) is -0.314. The van der Waals surface area contributed by atoms with Crippen molar-refractivity contribution in [1.82, 2.24) is 9.78 Å². The molecule has 5 nitrogen and oxygen atoms in total. The van der Waals surface area contributed by atoms with E-state index in [-0.39, 0.29) is 10.8 Å². The first-order valence-corrected chi connectivity index (χ1v) is 11.2. The van der Waals surface area contributed by atoms with Gasteiger partial charge in [-0.3, -0.25) is 0 Å². The molecule has 1 aromatic carbocycles. The van der Waals surface area contributed by atoms with Crippen LogP contribution in [0.25, 0.3) is 10.9 Å². The molecular formula is C18H27FN2O3Si. The maximum atomic E-state index is 14.6. The van der Waals surface area contributed by atoms with E-state index < -0.39 is 25.8 Å². The first-order valence-electron chi connectivity index (χ1n) is 8.31. The van der Waals surface area contributed by atoms with Crippen LogP contribution >= 0.6 is 0 Å². The van der Waals surface area contributed by atoms with Gasteiger partial charge in [-0.05, 0) is 45.0 Å². The third-order valence-electron chi connectivity index (χ3n) is 4.36. The van der Waals surface area contributed by atoms with Crippen LogP contribution < -0.4 is 4.43 Å². The zero-order chi connectivity index (χ0) is 19.2. The van der Waals surface area contributed by atoms with Gasteiger partial charge in [0.05, 0.1) is 11.7 Å². The molecule has 0 saturated heterocycles. The fourth-order valence-electron chi connectivity index (χ4n) is 1.98. The number of carbonyl (C=O) groups excluding carboxylic acids is 1. The van der Waals surface area contributed by atoms with Gasteiger partial charge in [0.25, 0.3) is 8.32 Å². The lowest BCUT2D eigenvalue weighted by molar-refractivity contribution is 0.0522. The maximum absolute atomic E-state index is 14.6. The molecule has 0 radical (unpaired) electrons. The van der Waals surface area contributed by atoms with E-state index in [1.54, 1.807) is 26.8 Å². The fraction of sp³-hybridized carbons (Fsp3) is 0.556. The highest BCUT2D eigenvalue weighted by Crippen LogP contribution is 2.38. The molecule has 0 aliphatic carbocycles. The Hall–Kier alpha value is -1.89. The monoisotopic (exact) mass is 366 g/mol. The Morgan fingerprint density at radius 1 is 1.16 bits per heavy atom. The summed E-state index contributed by atoms with van der Waals surface area (Å²) in [6, 6.07) is 2.87. The molecule has 0 bridgehead atoms. The number of ether oxygens (including phenoxy) is 1. The first-order chi connectivity index (χ1) is 11.2. The van der Waals surface area contributed by atoms with E-state index in [9.17, 15) is 9.18 Å². The predicted molar refractivity (Wildman–Crippen MR) is 99.1 cm³/mol. The third-order valence-corrected chi connectivity index (χ3v) is 8.70. The van der Waals surface area contributed by atoms with Crippen molar-refractivity contribution >= 4 is 25.3 Å². The van der Waals surface area contributed by atoms with E-state index in [4.69, 9.17) is 9.16 Å². The van der Waals surface area contributed by atoms with E-state index >= 15 is 0 Å². The Kier molecular flexibility index (Phi) is 4.76. The van der Waals surface area contributed by atoms with Gasteiger partial charge in [0.2, 0.25) is 0 Å². The standard InChI is InChI=1S/C18H27FN2O3Si/c1-17(2,3)23-16(22)21-14-10-13(19)15(9-12(14)11-20-21)24-25(7,8)18(4,5)6/h9-11H,1-8H3. The van der Waals surface area contributed by atoms with Crippen molar-refractivity contribution in [1.29, 1.82) is 0 Å². The van der Waals surface area contributed by atoms with Crippen LogP contribution in [0.5, 0.6) is 5.75 Å². The largest absolute Gasteiger partial charge is 0.542 e. The molecule has 0 unspecified atom stereocenters. The van der Waals surface area contributed by atoms with Crippen molar-refractivity contribution < 1.29 is 18.3 Å². The zero-order valence-corrected chi connectivity index (χ0v) is 17.2. The lowest BCUT2D eigenvalue weighted by Gasteiger charge is -2.36. The van der Waals surface area contributed by atoms with Gasteiger partial charge < -0.3 is 9.16 Å². The number of benzene rings is 1. The van der Waals surface area contributed by atoms with Crippen LogP contribution in [0, 0.1) is 5.82 Å². The summed E-state index contributed by atoms with van der Waals surface area (Å²) in [5.41, 5.74) is -0.298. The third kappa shape index (κ3) is 4.20. The zero-order valence-electron chi connectivity index (χ0n) is 16.2. The molecule has 0 saturated carbocycles. The molecule has 1 heterocycles. The number of rotatable bonds is 2. The summed E-state index contributed by atoms with van der Waals surface area (Å²) in [7, 11) is -2.17. The Balaban J connectivity index is 2.41. The molecule has 0 amide bonds. The molecule has 2 rings (SSSR count). The Labute approximate surface area is 149 Å². The number of fused-ring (bicyclic) bond motifs is 1. The molecule has 0 fully saturated rings. The molecule has 0 N–H and O–H groups in total. The van der Waals surface area contributed by atoms with Gasteiger partial charge in [-0.25, -0.2) is 9.18 Å². The van der Waals surface area contributed by atoms with Gasteiger partial charge in [0, 0.05) is 11.5 Å². The molecule has 0 aliphatic rings. The molecule has 138 valence electrons. The van der Waals surface area contributed by atoms with E-state index in [1.807, 2.05) is 0 Å². The van der Waals surface area contributed by atoms with Gasteiger partial charge in [-0.15, -0.1) is 0 Å². The lowest BCUT2D eigenvalue weighted by Crippen LogP contribution is -2.44. The van der Waals surface area contributed by atoms with Crippen LogP contribution in [0.3, 0.4) is 0 Å². The highest BCUT2D eigenvalue weighted by Gasteiger charge is 2.39. The minimum absolute atomic E-state index is 0.0465. The van der Waals surface area contributed by atoms with E-state index in [0.29, 0.717) is 10.9 Å². The number of hydrogen-bond acceptors (Lipinski definition) is 4. The summed E-state index contributed by atoms with van der Waals surface area (Å²) in [5, 5.41) is 4.62. The summed E-state index contributed by atoms with van der Waals surface area (Å²) in [4.78, 5) is 12.2. The second kappa shape index (κ2) is 6.12. The van der Waals surface area contributed by atoms with Gasteiger partial charge in [0.1, 0.15) is 11.4 Å². The Bertz CT molecular complexity index is 801. The number of nitrogens with zero attached hydrogens (tertiary/aromatic N) is 2. The quantitative estimate of drug-likeness (QED) is 0.673.